The molecule has 0 aromatic carbocycles. The van der Waals surface area contributed by atoms with Crippen molar-refractivity contribution in [2.24, 2.45) is 0 Å². The molecule has 0 fully saturated rings. The number of hydrogen-bond acceptors (Lipinski definition) is 2. The van der Waals surface area contributed by atoms with Crippen LogP contribution in [0.1, 0.15) is 26.3 Å². The Morgan fingerprint density at radius 1 is 1.00 bits per heavy atom. The summed E-state index contributed by atoms with van der Waals surface area (Å²) in [5, 5.41) is 0. The molecule has 1 heterocycles. The summed E-state index contributed by atoms with van der Waals surface area (Å²) < 4.78 is 0. The van der Waals surface area contributed by atoms with E-state index in [0.29, 0.717) is 0 Å². The van der Waals surface area contributed by atoms with E-state index < -0.39 is 8.07 Å². The van der Waals surface area contributed by atoms with E-state index in [-0.39, 0.29) is 0 Å². The third kappa shape index (κ3) is 3.41. The molecular formula is C12H22N2Si. The van der Waals surface area contributed by atoms with Crippen molar-refractivity contribution in [3.63, 3.8) is 0 Å². The first-order chi connectivity index (χ1) is 7.26. The first-order valence-corrected chi connectivity index (χ1v) is 8.83. The Labute approximate surface area is 94.2 Å². The van der Waals surface area contributed by atoms with Crippen LogP contribution in [0.25, 0.3) is 0 Å². The van der Waals surface area contributed by atoms with E-state index in [2.05, 4.69) is 30.7 Å². The fourth-order valence-corrected chi connectivity index (χ4v) is 5.53. The molecule has 0 saturated heterocycles. The summed E-state index contributed by atoms with van der Waals surface area (Å²) in [4.78, 5) is 8.13. The molecule has 0 aliphatic heterocycles. The van der Waals surface area contributed by atoms with Crippen LogP contribution in [0.3, 0.4) is 0 Å². The number of hydrogen-bond donors (Lipinski definition) is 0. The summed E-state index contributed by atoms with van der Waals surface area (Å²) >= 11 is 0. The second-order valence-corrected chi connectivity index (χ2v) is 9.93. The van der Waals surface area contributed by atoms with Crippen molar-refractivity contribution in [3.8, 4) is 0 Å². The summed E-state index contributed by atoms with van der Waals surface area (Å²) in [6.45, 7) is 7.09. The molecule has 3 heteroatoms. The number of aromatic nitrogens is 2. The number of rotatable bonds is 6. The minimum absolute atomic E-state index is 0.956. The molecule has 0 aliphatic carbocycles. The first kappa shape index (κ1) is 12.4. The Morgan fingerprint density at radius 2 is 1.53 bits per heavy atom. The lowest BCUT2D eigenvalue weighted by Gasteiger charge is -2.27. The normalized spacial score (nSPS) is 11.7. The molecule has 0 radical (unpaired) electrons. The maximum Gasteiger partial charge on any atom is 0.115 e. The van der Waals surface area contributed by atoms with Gasteiger partial charge in [0.05, 0.1) is 8.07 Å². The summed E-state index contributed by atoms with van der Waals surface area (Å²) in [6.07, 6.45) is 6.68. The van der Waals surface area contributed by atoms with Gasteiger partial charge in [0, 0.05) is 12.4 Å². The van der Waals surface area contributed by atoms with Crippen LogP contribution in [0.2, 0.25) is 24.2 Å². The molecule has 0 unspecified atom stereocenters. The monoisotopic (exact) mass is 222 g/mol. The molecule has 0 saturated carbocycles. The van der Waals surface area contributed by atoms with Crippen molar-refractivity contribution >= 4 is 8.07 Å². The lowest BCUT2D eigenvalue weighted by molar-refractivity contribution is 0.988. The second-order valence-electron chi connectivity index (χ2n) is 4.31. The van der Waals surface area contributed by atoms with Crippen LogP contribution < -0.4 is 0 Å². The van der Waals surface area contributed by atoms with Crippen molar-refractivity contribution in [1.82, 2.24) is 9.97 Å². The van der Waals surface area contributed by atoms with E-state index in [9.17, 15) is 0 Å². The maximum absolute atomic E-state index is 4.07. The molecule has 0 spiro atoms. The highest BCUT2D eigenvalue weighted by Gasteiger charge is 2.25. The topological polar surface area (TPSA) is 25.8 Å². The van der Waals surface area contributed by atoms with Gasteiger partial charge < -0.3 is 0 Å². The highest BCUT2D eigenvalue weighted by molar-refractivity contribution is 6.79. The Bertz CT molecular complexity index is 262. The smallest absolute Gasteiger partial charge is 0.115 e. The second kappa shape index (κ2) is 6.01. The Morgan fingerprint density at radius 3 is 2.00 bits per heavy atom. The third-order valence-electron chi connectivity index (χ3n) is 3.81. The van der Waals surface area contributed by atoms with Crippen LogP contribution in [0.15, 0.2) is 18.7 Å². The average Bonchev–Trinajstić information content (AvgIpc) is 2.33. The Hall–Kier alpha value is -0.703. The summed E-state index contributed by atoms with van der Waals surface area (Å²) in [5.41, 5.74) is 1.30. The van der Waals surface area contributed by atoms with Gasteiger partial charge in [-0.25, -0.2) is 9.97 Å². The van der Waals surface area contributed by atoms with Gasteiger partial charge in [-0.2, -0.15) is 0 Å². The highest BCUT2D eigenvalue weighted by Crippen LogP contribution is 2.26. The van der Waals surface area contributed by atoms with Crippen molar-refractivity contribution in [2.75, 3.05) is 0 Å². The van der Waals surface area contributed by atoms with Gasteiger partial charge in [-0.1, -0.05) is 44.9 Å². The van der Waals surface area contributed by atoms with E-state index in [0.717, 1.165) is 0 Å². The van der Waals surface area contributed by atoms with Gasteiger partial charge >= 0.3 is 0 Å². The van der Waals surface area contributed by atoms with E-state index in [1.807, 2.05) is 12.4 Å². The molecule has 0 atom stereocenters. The molecule has 0 bridgehead atoms. The summed E-state index contributed by atoms with van der Waals surface area (Å²) in [7, 11) is -0.956. The third-order valence-corrected chi connectivity index (χ3v) is 9.62. The largest absolute Gasteiger partial charge is 0.245 e. The van der Waals surface area contributed by atoms with Gasteiger partial charge in [0.2, 0.25) is 0 Å². The van der Waals surface area contributed by atoms with Crippen LogP contribution in [0.4, 0.5) is 0 Å². The average molecular weight is 222 g/mol. The van der Waals surface area contributed by atoms with Gasteiger partial charge in [-0.05, 0) is 12.0 Å². The fraction of sp³-hybridized carbons (Fsp3) is 0.667. The van der Waals surface area contributed by atoms with Crippen molar-refractivity contribution < 1.29 is 0 Å². The zero-order valence-electron chi connectivity index (χ0n) is 10.2. The van der Waals surface area contributed by atoms with E-state index in [1.165, 1.54) is 36.2 Å². The predicted molar refractivity (Wildman–Crippen MR) is 67.7 cm³/mol. The standard InChI is InChI=1S/C12H22N2Si/c1-4-15(5-2,6-3)8-7-12-9-13-11-14-10-12/h9-11H,4-8H2,1-3H3. The summed E-state index contributed by atoms with van der Waals surface area (Å²) in [5.74, 6) is 0. The molecule has 0 aliphatic rings. The van der Waals surface area contributed by atoms with E-state index in [4.69, 9.17) is 0 Å². The molecule has 1 rings (SSSR count). The van der Waals surface area contributed by atoms with Crippen LogP contribution in [0, 0.1) is 0 Å². The fourth-order valence-electron chi connectivity index (χ4n) is 2.15. The minimum atomic E-state index is -0.956. The van der Waals surface area contributed by atoms with Crippen LogP contribution in [-0.2, 0) is 6.42 Å². The lowest BCUT2D eigenvalue weighted by Crippen LogP contribution is -2.31. The molecular weight excluding hydrogens is 200 g/mol. The molecule has 0 amide bonds. The number of nitrogens with zero attached hydrogens (tertiary/aromatic N) is 2. The SMILES string of the molecule is CC[Si](CC)(CC)CCc1cncnc1. The van der Waals surface area contributed by atoms with Crippen molar-refractivity contribution in [2.45, 2.75) is 51.4 Å². The zero-order chi connectivity index (χ0) is 11.1. The zero-order valence-corrected chi connectivity index (χ0v) is 11.2. The molecule has 84 valence electrons. The van der Waals surface area contributed by atoms with Gasteiger partial charge in [0.25, 0.3) is 0 Å². The van der Waals surface area contributed by atoms with Crippen LogP contribution in [-0.4, -0.2) is 18.0 Å². The van der Waals surface area contributed by atoms with Crippen molar-refractivity contribution in [3.05, 3.63) is 24.3 Å². The van der Waals surface area contributed by atoms with Crippen LogP contribution >= 0.6 is 0 Å². The van der Waals surface area contributed by atoms with E-state index in [1.54, 1.807) is 6.33 Å². The van der Waals surface area contributed by atoms with Gasteiger partial charge in [0.15, 0.2) is 0 Å². The van der Waals surface area contributed by atoms with Gasteiger partial charge in [0.1, 0.15) is 6.33 Å². The first-order valence-electron chi connectivity index (χ1n) is 6.00. The summed E-state index contributed by atoms with van der Waals surface area (Å²) in [6, 6.07) is 5.62. The number of aryl methyl sites for hydroxylation is 1. The predicted octanol–water partition coefficient (Wildman–Crippen LogP) is 3.53. The minimum Gasteiger partial charge on any atom is -0.245 e. The van der Waals surface area contributed by atoms with Gasteiger partial charge in [-0.15, -0.1) is 0 Å². The maximum atomic E-state index is 4.07. The highest BCUT2D eigenvalue weighted by atomic mass is 28.3. The van der Waals surface area contributed by atoms with Crippen LogP contribution in [0.5, 0.6) is 0 Å². The molecule has 2 nitrogen and oxygen atoms in total. The molecule has 1 aromatic rings. The van der Waals surface area contributed by atoms with Crippen molar-refractivity contribution in [1.29, 1.82) is 0 Å². The molecule has 15 heavy (non-hydrogen) atoms. The Balaban J connectivity index is 2.54. The Kier molecular flexibility index (Phi) is 4.95. The lowest BCUT2D eigenvalue weighted by atomic mass is 10.3. The molecule has 1 aromatic heterocycles. The van der Waals surface area contributed by atoms with E-state index >= 15 is 0 Å². The quantitative estimate of drug-likeness (QED) is 0.688. The molecule has 0 N–H and O–H groups in total. The van der Waals surface area contributed by atoms with Gasteiger partial charge in [-0.3, -0.25) is 0 Å².